The quantitative estimate of drug-likeness (QED) is 0.841. The highest BCUT2D eigenvalue weighted by Crippen LogP contribution is 2.24. The highest BCUT2D eigenvalue weighted by molar-refractivity contribution is 9.10. The van der Waals surface area contributed by atoms with Crippen LogP contribution >= 0.6 is 15.9 Å². The minimum Gasteiger partial charge on any atom is -0.481 e. The molecule has 0 radical (unpaired) electrons. The van der Waals surface area contributed by atoms with E-state index < -0.39 is 5.97 Å². The Morgan fingerprint density at radius 2 is 1.95 bits per heavy atom. The number of aliphatic carboxylic acids is 1. The Labute approximate surface area is 135 Å². The molecule has 116 valence electrons. The van der Waals surface area contributed by atoms with Crippen molar-refractivity contribution in [3.63, 3.8) is 0 Å². The fraction of sp³-hybridized carbons (Fsp3) is 0.588. The van der Waals surface area contributed by atoms with Gasteiger partial charge in [0.05, 0.1) is 0 Å². The molecule has 0 saturated carbocycles. The fourth-order valence-electron chi connectivity index (χ4n) is 3.10. The van der Waals surface area contributed by atoms with Gasteiger partial charge >= 0.3 is 5.97 Å². The molecule has 1 unspecified atom stereocenters. The summed E-state index contributed by atoms with van der Waals surface area (Å²) in [6.07, 6.45) is 4.51. The summed E-state index contributed by atoms with van der Waals surface area (Å²) in [6.45, 7) is 4.49. The van der Waals surface area contributed by atoms with Gasteiger partial charge in [0.2, 0.25) is 0 Å². The molecule has 1 aliphatic rings. The Morgan fingerprint density at radius 1 is 1.33 bits per heavy atom. The van der Waals surface area contributed by atoms with Crippen LogP contribution in [0.25, 0.3) is 0 Å². The number of benzene rings is 1. The van der Waals surface area contributed by atoms with Gasteiger partial charge in [0.15, 0.2) is 0 Å². The van der Waals surface area contributed by atoms with Crippen LogP contribution in [0, 0.1) is 5.92 Å². The van der Waals surface area contributed by atoms with E-state index in [1.807, 2.05) is 0 Å². The van der Waals surface area contributed by atoms with Gasteiger partial charge in [-0.15, -0.1) is 0 Å². The van der Waals surface area contributed by atoms with Crippen molar-refractivity contribution >= 4 is 21.9 Å². The van der Waals surface area contributed by atoms with Crippen LogP contribution < -0.4 is 0 Å². The molecule has 1 aliphatic heterocycles. The van der Waals surface area contributed by atoms with E-state index in [-0.39, 0.29) is 0 Å². The minimum atomic E-state index is -0.666. The van der Waals surface area contributed by atoms with E-state index in [4.69, 9.17) is 5.11 Å². The first kappa shape index (κ1) is 16.5. The zero-order valence-electron chi connectivity index (χ0n) is 12.6. The van der Waals surface area contributed by atoms with Crippen LogP contribution in [0.3, 0.4) is 0 Å². The maximum Gasteiger partial charge on any atom is 0.303 e. The Bertz CT molecular complexity index is 452. The molecule has 1 heterocycles. The highest BCUT2D eigenvalue weighted by atomic mass is 79.9. The van der Waals surface area contributed by atoms with Crippen molar-refractivity contribution in [2.75, 3.05) is 13.1 Å². The van der Waals surface area contributed by atoms with Crippen molar-refractivity contribution in [1.82, 2.24) is 4.90 Å². The summed E-state index contributed by atoms with van der Waals surface area (Å²) in [5, 5.41) is 8.75. The van der Waals surface area contributed by atoms with Crippen LogP contribution in [-0.2, 0) is 11.2 Å². The SMILES string of the molecule is CC(Cc1ccc(Br)cc1)N1CCC(CCC(=O)O)CC1. The average molecular weight is 354 g/mol. The normalized spacial score (nSPS) is 18.6. The van der Waals surface area contributed by atoms with Crippen LogP contribution in [0.4, 0.5) is 0 Å². The number of likely N-dealkylation sites (tertiary alicyclic amines) is 1. The number of hydrogen-bond acceptors (Lipinski definition) is 2. The molecule has 1 saturated heterocycles. The third-order valence-electron chi connectivity index (χ3n) is 4.48. The molecule has 21 heavy (non-hydrogen) atoms. The monoisotopic (exact) mass is 353 g/mol. The molecule has 1 aromatic carbocycles. The first-order valence-electron chi connectivity index (χ1n) is 7.75. The summed E-state index contributed by atoms with van der Waals surface area (Å²) in [7, 11) is 0. The van der Waals surface area contributed by atoms with Gasteiger partial charge < -0.3 is 10.0 Å². The molecule has 1 aromatic rings. The second kappa shape index (κ2) is 7.95. The van der Waals surface area contributed by atoms with Crippen LogP contribution in [0.15, 0.2) is 28.7 Å². The smallest absolute Gasteiger partial charge is 0.303 e. The number of piperidine rings is 1. The highest BCUT2D eigenvalue weighted by Gasteiger charge is 2.23. The lowest BCUT2D eigenvalue weighted by Crippen LogP contribution is -2.41. The van der Waals surface area contributed by atoms with Crippen molar-refractivity contribution in [1.29, 1.82) is 0 Å². The largest absolute Gasteiger partial charge is 0.481 e. The first-order valence-corrected chi connectivity index (χ1v) is 8.54. The molecule has 0 spiro atoms. The topological polar surface area (TPSA) is 40.5 Å². The molecular formula is C17H24BrNO2. The lowest BCUT2D eigenvalue weighted by Gasteiger charge is -2.36. The molecule has 1 N–H and O–H groups in total. The van der Waals surface area contributed by atoms with Crippen LogP contribution in [0.1, 0.15) is 38.2 Å². The lowest BCUT2D eigenvalue weighted by atomic mass is 9.91. The van der Waals surface area contributed by atoms with E-state index in [1.54, 1.807) is 0 Å². The second-order valence-electron chi connectivity index (χ2n) is 6.09. The average Bonchev–Trinajstić information content (AvgIpc) is 2.48. The summed E-state index contributed by atoms with van der Waals surface area (Å²) in [5.41, 5.74) is 1.37. The summed E-state index contributed by atoms with van der Waals surface area (Å²) in [4.78, 5) is 13.2. The molecule has 3 nitrogen and oxygen atoms in total. The van der Waals surface area contributed by atoms with Crippen LogP contribution in [0.5, 0.6) is 0 Å². The molecular weight excluding hydrogens is 330 g/mol. The zero-order valence-corrected chi connectivity index (χ0v) is 14.2. The molecule has 1 atom stereocenters. The number of carboxylic acids is 1. The number of rotatable bonds is 6. The first-order chi connectivity index (χ1) is 10.0. The minimum absolute atomic E-state index is 0.319. The van der Waals surface area contributed by atoms with E-state index >= 15 is 0 Å². The number of halogens is 1. The van der Waals surface area contributed by atoms with Crippen molar-refractivity contribution in [3.8, 4) is 0 Å². The maximum absolute atomic E-state index is 10.6. The number of nitrogens with zero attached hydrogens (tertiary/aromatic N) is 1. The Morgan fingerprint density at radius 3 is 2.52 bits per heavy atom. The predicted molar refractivity (Wildman–Crippen MR) is 88.5 cm³/mol. The Kier molecular flexibility index (Phi) is 6.24. The molecule has 1 fully saturated rings. The number of carbonyl (C=O) groups is 1. The van der Waals surface area contributed by atoms with E-state index in [1.165, 1.54) is 5.56 Å². The van der Waals surface area contributed by atoms with Crippen molar-refractivity contribution in [2.45, 2.75) is 45.1 Å². The molecule has 0 aliphatic carbocycles. The van der Waals surface area contributed by atoms with Gasteiger partial charge in [-0.1, -0.05) is 28.1 Å². The van der Waals surface area contributed by atoms with Crippen LogP contribution in [0.2, 0.25) is 0 Å². The maximum atomic E-state index is 10.6. The molecule has 0 aromatic heterocycles. The molecule has 0 bridgehead atoms. The summed E-state index contributed by atoms with van der Waals surface area (Å²) < 4.78 is 1.12. The van der Waals surface area contributed by atoms with E-state index in [0.29, 0.717) is 18.4 Å². The third-order valence-corrected chi connectivity index (χ3v) is 5.01. The van der Waals surface area contributed by atoms with Crippen molar-refractivity contribution in [3.05, 3.63) is 34.3 Å². The van der Waals surface area contributed by atoms with E-state index in [0.717, 1.165) is 43.2 Å². The van der Waals surface area contributed by atoms with E-state index in [2.05, 4.69) is 52.0 Å². The van der Waals surface area contributed by atoms with E-state index in [9.17, 15) is 4.79 Å². The molecule has 2 rings (SSSR count). The molecule has 4 heteroatoms. The van der Waals surface area contributed by atoms with Gasteiger partial charge in [-0.25, -0.2) is 0 Å². The summed E-state index contributed by atoms with van der Waals surface area (Å²) in [6, 6.07) is 9.10. The predicted octanol–water partition coefficient (Wildman–Crippen LogP) is 3.96. The van der Waals surface area contributed by atoms with Gasteiger partial charge in [0.1, 0.15) is 0 Å². The third kappa shape index (κ3) is 5.44. The lowest BCUT2D eigenvalue weighted by molar-refractivity contribution is -0.137. The number of hydrogen-bond donors (Lipinski definition) is 1. The van der Waals surface area contributed by atoms with Gasteiger partial charge in [0.25, 0.3) is 0 Å². The summed E-state index contributed by atoms with van der Waals surface area (Å²) in [5.74, 6) is -0.0710. The fourth-order valence-corrected chi connectivity index (χ4v) is 3.37. The Balaban J connectivity index is 1.76. The second-order valence-corrected chi connectivity index (χ2v) is 7.01. The van der Waals surface area contributed by atoms with Crippen molar-refractivity contribution in [2.24, 2.45) is 5.92 Å². The molecule has 0 amide bonds. The standard InChI is InChI=1S/C17H24BrNO2/c1-13(12-15-2-5-16(18)6-3-15)19-10-8-14(9-11-19)4-7-17(20)21/h2-3,5-6,13-14H,4,7-12H2,1H3,(H,20,21). The van der Waals surface area contributed by atoms with Gasteiger partial charge in [0, 0.05) is 16.9 Å². The van der Waals surface area contributed by atoms with Crippen LogP contribution in [-0.4, -0.2) is 35.1 Å². The van der Waals surface area contributed by atoms with Gasteiger partial charge in [-0.05, 0) is 69.3 Å². The Hall–Kier alpha value is -0.870. The van der Waals surface area contributed by atoms with Gasteiger partial charge in [-0.2, -0.15) is 0 Å². The van der Waals surface area contributed by atoms with Gasteiger partial charge in [-0.3, -0.25) is 4.79 Å². The zero-order chi connectivity index (χ0) is 15.2. The number of carboxylic acid groups (broad SMARTS) is 1. The van der Waals surface area contributed by atoms with Crippen molar-refractivity contribution < 1.29 is 9.90 Å². The summed E-state index contributed by atoms with van der Waals surface area (Å²) >= 11 is 3.47.